The Morgan fingerprint density at radius 1 is 1.41 bits per heavy atom. The largest absolute Gasteiger partial charge is 0.414 e. The molecule has 1 aromatic rings. The Labute approximate surface area is 103 Å². The Hall–Kier alpha value is -1.28. The quantitative estimate of drug-likeness (QED) is 0.664. The lowest BCUT2D eigenvalue weighted by Crippen LogP contribution is -2.29. The van der Waals surface area contributed by atoms with Gasteiger partial charge in [0.1, 0.15) is 0 Å². The van der Waals surface area contributed by atoms with Gasteiger partial charge < -0.3 is 5.73 Å². The van der Waals surface area contributed by atoms with Gasteiger partial charge in [0.2, 0.25) is 0 Å². The molecule has 0 bridgehead atoms. The first-order valence-corrected chi connectivity index (χ1v) is 5.12. The number of anilines is 1. The SMILES string of the molecule is Nc1cc(Br)cc(C(=O)NOCC(F)(F)F)c1. The maximum Gasteiger partial charge on any atom is 0.414 e. The number of halogens is 4. The smallest absolute Gasteiger partial charge is 0.399 e. The number of nitrogen functional groups attached to an aromatic ring is 1. The van der Waals surface area contributed by atoms with Gasteiger partial charge in [-0.25, -0.2) is 5.48 Å². The second-order valence-electron chi connectivity index (χ2n) is 3.11. The highest BCUT2D eigenvalue weighted by Gasteiger charge is 2.28. The third-order valence-electron chi connectivity index (χ3n) is 1.58. The Balaban J connectivity index is 2.58. The van der Waals surface area contributed by atoms with Crippen LogP contribution in [-0.2, 0) is 4.84 Å². The Morgan fingerprint density at radius 2 is 2.06 bits per heavy atom. The summed E-state index contributed by atoms with van der Waals surface area (Å²) in [7, 11) is 0. The van der Waals surface area contributed by atoms with E-state index in [9.17, 15) is 18.0 Å². The zero-order chi connectivity index (χ0) is 13.1. The summed E-state index contributed by atoms with van der Waals surface area (Å²) in [6.07, 6.45) is -4.50. The summed E-state index contributed by atoms with van der Waals surface area (Å²) < 4.78 is 35.7. The van der Waals surface area contributed by atoms with Crippen molar-refractivity contribution in [2.24, 2.45) is 0 Å². The molecule has 0 radical (unpaired) electrons. The standard InChI is InChI=1S/C9H8BrF3N2O2/c10-6-1-5(2-7(14)3-6)8(16)15-17-4-9(11,12)13/h1-3H,4,14H2,(H,15,16). The third kappa shape index (κ3) is 5.05. The van der Waals surface area contributed by atoms with Gasteiger partial charge in [-0.1, -0.05) is 15.9 Å². The Bertz CT molecular complexity index is 403. The van der Waals surface area contributed by atoms with Crippen molar-refractivity contribution in [2.45, 2.75) is 6.18 Å². The lowest BCUT2D eigenvalue weighted by molar-refractivity contribution is -0.184. The predicted molar refractivity (Wildman–Crippen MR) is 58.0 cm³/mol. The fraction of sp³-hybridized carbons (Fsp3) is 0.222. The van der Waals surface area contributed by atoms with Crippen LogP contribution in [0.3, 0.4) is 0 Å². The molecule has 4 nitrogen and oxygen atoms in total. The molecule has 0 fully saturated rings. The minimum atomic E-state index is -4.50. The van der Waals surface area contributed by atoms with Crippen molar-refractivity contribution in [3.05, 3.63) is 28.2 Å². The van der Waals surface area contributed by atoms with Crippen molar-refractivity contribution in [3.8, 4) is 0 Å². The van der Waals surface area contributed by atoms with Crippen molar-refractivity contribution in [2.75, 3.05) is 12.3 Å². The lowest BCUT2D eigenvalue weighted by atomic mass is 10.2. The van der Waals surface area contributed by atoms with Gasteiger partial charge in [-0.05, 0) is 18.2 Å². The van der Waals surface area contributed by atoms with E-state index in [-0.39, 0.29) is 5.56 Å². The first kappa shape index (κ1) is 13.8. The van der Waals surface area contributed by atoms with Crippen LogP contribution in [0, 0.1) is 0 Å². The molecule has 94 valence electrons. The maximum absolute atomic E-state index is 11.7. The van der Waals surface area contributed by atoms with Crippen LogP contribution in [0.15, 0.2) is 22.7 Å². The summed E-state index contributed by atoms with van der Waals surface area (Å²) in [4.78, 5) is 15.4. The van der Waals surface area contributed by atoms with E-state index >= 15 is 0 Å². The van der Waals surface area contributed by atoms with Crippen molar-refractivity contribution in [1.29, 1.82) is 0 Å². The number of hydroxylamine groups is 1. The van der Waals surface area contributed by atoms with Crippen LogP contribution >= 0.6 is 15.9 Å². The molecule has 3 N–H and O–H groups in total. The van der Waals surface area contributed by atoms with Crippen LogP contribution in [0.5, 0.6) is 0 Å². The van der Waals surface area contributed by atoms with E-state index < -0.39 is 18.7 Å². The van der Waals surface area contributed by atoms with E-state index in [0.717, 1.165) is 0 Å². The van der Waals surface area contributed by atoms with E-state index in [2.05, 4.69) is 20.8 Å². The molecule has 8 heteroatoms. The highest BCUT2D eigenvalue weighted by molar-refractivity contribution is 9.10. The highest BCUT2D eigenvalue weighted by Crippen LogP contribution is 2.17. The minimum absolute atomic E-state index is 0.0963. The molecular formula is C9H8BrF3N2O2. The van der Waals surface area contributed by atoms with Crippen LogP contribution in [0.2, 0.25) is 0 Å². The number of alkyl halides is 3. The normalized spacial score (nSPS) is 11.3. The molecule has 0 atom stereocenters. The molecule has 1 amide bonds. The summed E-state index contributed by atoms with van der Waals surface area (Å²) in [5, 5.41) is 0. The summed E-state index contributed by atoms with van der Waals surface area (Å²) in [5.41, 5.74) is 7.54. The second kappa shape index (κ2) is 5.37. The molecule has 17 heavy (non-hydrogen) atoms. The van der Waals surface area contributed by atoms with Gasteiger partial charge >= 0.3 is 6.18 Å². The first-order valence-electron chi connectivity index (χ1n) is 4.33. The summed E-state index contributed by atoms with van der Waals surface area (Å²) in [6, 6.07) is 4.27. The molecule has 0 saturated carbocycles. The predicted octanol–water partition coefficient (Wildman–Crippen LogP) is 2.26. The monoisotopic (exact) mass is 312 g/mol. The lowest BCUT2D eigenvalue weighted by Gasteiger charge is -2.08. The minimum Gasteiger partial charge on any atom is -0.399 e. The van der Waals surface area contributed by atoms with E-state index in [1.54, 1.807) is 11.5 Å². The number of nitrogens with two attached hydrogens (primary N) is 1. The van der Waals surface area contributed by atoms with Gasteiger partial charge in [-0.3, -0.25) is 9.63 Å². The van der Waals surface area contributed by atoms with Gasteiger partial charge in [0.15, 0.2) is 6.61 Å². The number of carbonyl (C=O) groups is 1. The van der Waals surface area contributed by atoms with Gasteiger partial charge in [0, 0.05) is 15.7 Å². The molecule has 0 spiro atoms. The average Bonchev–Trinajstić information content (AvgIpc) is 2.13. The molecule has 0 heterocycles. The molecule has 1 aromatic carbocycles. The fourth-order valence-electron chi connectivity index (χ4n) is 0.986. The Kier molecular flexibility index (Phi) is 4.35. The van der Waals surface area contributed by atoms with Crippen molar-refractivity contribution in [1.82, 2.24) is 5.48 Å². The number of benzene rings is 1. The van der Waals surface area contributed by atoms with E-state index in [0.29, 0.717) is 10.2 Å². The summed E-state index contributed by atoms with van der Waals surface area (Å²) in [5.74, 6) is -0.803. The summed E-state index contributed by atoms with van der Waals surface area (Å²) in [6.45, 7) is -1.55. The molecule has 0 unspecified atom stereocenters. The molecule has 0 aliphatic rings. The van der Waals surface area contributed by atoms with Crippen LogP contribution in [-0.4, -0.2) is 18.7 Å². The first-order chi connectivity index (χ1) is 7.78. The molecular weight excluding hydrogens is 305 g/mol. The highest BCUT2D eigenvalue weighted by atomic mass is 79.9. The molecule has 0 aliphatic carbocycles. The third-order valence-corrected chi connectivity index (χ3v) is 2.04. The second-order valence-corrected chi connectivity index (χ2v) is 4.02. The van der Waals surface area contributed by atoms with Gasteiger partial charge in [0.05, 0.1) is 0 Å². The van der Waals surface area contributed by atoms with Crippen LogP contribution in [0.25, 0.3) is 0 Å². The van der Waals surface area contributed by atoms with Crippen LogP contribution < -0.4 is 11.2 Å². The molecule has 1 rings (SSSR count). The van der Waals surface area contributed by atoms with E-state index in [1.165, 1.54) is 12.1 Å². The fourth-order valence-corrected chi connectivity index (χ4v) is 1.50. The van der Waals surface area contributed by atoms with Crippen molar-refractivity contribution in [3.63, 3.8) is 0 Å². The topological polar surface area (TPSA) is 64.4 Å². The number of amides is 1. The zero-order valence-corrected chi connectivity index (χ0v) is 9.93. The summed E-state index contributed by atoms with van der Waals surface area (Å²) >= 11 is 3.10. The van der Waals surface area contributed by atoms with Crippen LogP contribution in [0.4, 0.5) is 18.9 Å². The Morgan fingerprint density at radius 3 is 2.59 bits per heavy atom. The number of hydrogen-bond donors (Lipinski definition) is 2. The number of carbonyl (C=O) groups excluding carboxylic acids is 1. The zero-order valence-electron chi connectivity index (χ0n) is 8.34. The van der Waals surface area contributed by atoms with Gasteiger partial charge in [0.25, 0.3) is 5.91 Å². The number of rotatable bonds is 3. The van der Waals surface area contributed by atoms with Crippen LogP contribution in [0.1, 0.15) is 10.4 Å². The van der Waals surface area contributed by atoms with Gasteiger partial charge in [-0.2, -0.15) is 13.2 Å². The maximum atomic E-state index is 11.7. The number of nitrogens with one attached hydrogen (secondary N) is 1. The molecule has 0 saturated heterocycles. The molecule has 0 aromatic heterocycles. The van der Waals surface area contributed by atoms with Crippen molar-refractivity contribution < 1.29 is 22.8 Å². The average molecular weight is 313 g/mol. The number of hydrogen-bond acceptors (Lipinski definition) is 3. The van der Waals surface area contributed by atoms with E-state index in [4.69, 9.17) is 5.73 Å². The van der Waals surface area contributed by atoms with E-state index in [1.807, 2.05) is 0 Å². The van der Waals surface area contributed by atoms with Crippen molar-refractivity contribution >= 4 is 27.5 Å². The van der Waals surface area contributed by atoms with Gasteiger partial charge in [-0.15, -0.1) is 0 Å². The molecule has 0 aliphatic heterocycles.